The first kappa shape index (κ1) is 13.5. The molecule has 0 bridgehead atoms. The summed E-state index contributed by atoms with van der Waals surface area (Å²) in [5.74, 6) is 0.682. The maximum absolute atomic E-state index is 11.7. The van der Waals surface area contributed by atoms with Crippen LogP contribution in [0.5, 0.6) is 0 Å². The van der Waals surface area contributed by atoms with E-state index >= 15 is 0 Å². The maximum Gasteiger partial charge on any atom is 0.269 e. The summed E-state index contributed by atoms with van der Waals surface area (Å²) in [6, 6.07) is 9.20. The van der Waals surface area contributed by atoms with E-state index in [0.29, 0.717) is 11.4 Å². The number of nitro benzene ring substituents is 1. The van der Waals surface area contributed by atoms with Gasteiger partial charge in [0.1, 0.15) is 5.76 Å². The van der Waals surface area contributed by atoms with Crippen molar-refractivity contribution in [1.82, 2.24) is 0 Å². The van der Waals surface area contributed by atoms with Crippen molar-refractivity contribution >= 4 is 17.2 Å². The van der Waals surface area contributed by atoms with Crippen molar-refractivity contribution in [3.05, 3.63) is 70.3 Å². The lowest BCUT2D eigenvalue weighted by Crippen LogP contribution is -1.94. The van der Waals surface area contributed by atoms with Gasteiger partial charge in [0.25, 0.3) is 5.69 Å². The van der Waals surface area contributed by atoms with Crippen molar-refractivity contribution in [3.8, 4) is 0 Å². The molecule has 1 heterocycles. The number of benzene rings is 1. The van der Waals surface area contributed by atoms with Crippen LogP contribution < -0.4 is 5.32 Å². The van der Waals surface area contributed by atoms with Crippen LogP contribution in [0.4, 0.5) is 11.4 Å². The minimum atomic E-state index is -0.470. The van der Waals surface area contributed by atoms with Crippen molar-refractivity contribution < 1.29 is 14.1 Å². The van der Waals surface area contributed by atoms with E-state index in [4.69, 9.17) is 4.42 Å². The molecular weight excluding hydrogens is 260 g/mol. The van der Waals surface area contributed by atoms with Crippen LogP contribution in [0.3, 0.4) is 0 Å². The fourth-order valence-electron chi connectivity index (χ4n) is 1.54. The third-order valence-electron chi connectivity index (χ3n) is 2.55. The molecule has 0 saturated heterocycles. The SMILES string of the molecule is Cc1ccc(C(=O)C=CNc2ccc([N+](=O)[O-])cc2)o1. The molecule has 20 heavy (non-hydrogen) atoms. The van der Waals surface area contributed by atoms with Gasteiger partial charge in [0.2, 0.25) is 5.78 Å². The van der Waals surface area contributed by atoms with Crippen LogP contribution in [0.25, 0.3) is 0 Å². The van der Waals surface area contributed by atoms with E-state index < -0.39 is 4.92 Å². The van der Waals surface area contributed by atoms with Crippen molar-refractivity contribution in [2.45, 2.75) is 6.92 Å². The molecule has 0 saturated carbocycles. The Morgan fingerprint density at radius 1 is 1.25 bits per heavy atom. The lowest BCUT2D eigenvalue weighted by atomic mass is 10.3. The molecule has 2 aromatic rings. The number of anilines is 1. The number of allylic oxidation sites excluding steroid dienone is 1. The van der Waals surface area contributed by atoms with E-state index in [1.807, 2.05) is 0 Å². The van der Waals surface area contributed by atoms with E-state index in [-0.39, 0.29) is 17.2 Å². The van der Waals surface area contributed by atoms with Gasteiger partial charge in [-0.15, -0.1) is 0 Å². The zero-order chi connectivity index (χ0) is 14.5. The number of ketones is 1. The normalized spacial score (nSPS) is 10.7. The summed E-state index contributed by atoms with van der Waals surface area (Å²) in [6.45, 7) is 1.76. The highest BCUT2D eigenvalue weighted by Crippen LogP contribution is 2.15. The second kappa shape index (κ2) is 5.83. The van der Waals surface area contributed by atoms with Gasteiger partial charge >= 0.3 is 0 Å². The molecule has 0 spiro atoms. The second-order valence-corrected chi connectivity index (χ2v) is 4.06. The van der Waals surface area contributed by atoms with Gasteiger partial charge in [0, 0.05) is 30.1 Å². The van der Waals surface area contributed by atoms with E-state index in [1.54, 1.807) is 31.2 Å². The zero-order valence-electron chi connectivity index (χ0n) is 10.7. The van der Waals surface area contributed by atoms with E-state index in [0.717, 1.165) is 0 Å². The smallest absolute Gasteiger partial charge is 0.269 e. The second-order valence-electron chi connectivity index (χ2n) is 4.06. The molecule has 6 nitrogen and oxygen atoms in total. The molecule has 0 atom stereocenters. The largest absolute Gasteiger partial charge is 0.458 e. The molecule has 0 aliphatic carbocycles. The van der Waals surface area contributed by atoms with Crippen LogP contribution in [0, 0.1) is 17.0 Å². The average Bonchev–Trinajstić information content (AvgIpc) is 2.86. The Hall–Kier alpha value is -2.89. The molecule has 0 aliphatic rings. The first-order chi connectivity index (χ1) is 9.56. The Morgan fingerprint density at radius 3 is 2.50 bits per heavy atom. The van der Waals surface area contributed by atoms with Gasteiger partial charge in [-0.3, -0.25) is 14.9 Å². The number of hydrogen-bond acceptors (Lipinski definition) is 5. The fourth-order valence-corrected chi connectivity index (χ4v) is 1.54. The van der Waals surface area contributed by atoms with Gasteiger partial charge in [0.15, 0.2) is 5.76 Å². The number of furan rings is 1. The predicted molar refractivity (Wildman–Crippen MR) is 73.6 cm³/mol. The van der Waals surface area contributed by atoms with Crippen LogP contribution in [0.2, 0.25) is 0 Å². The number of nitrogens with zero attached hydrogens (tertiary/aromatic N) is 1. The van der Waals surface area contributed by atoms with Gasteiger partial charge in [-0.05, 0) is 31.2 Å². The summed E-state index contributed by atoms with van der Waals surface area (Å²) < 4.78 is 5.19. The van der Waals surface area contributed by atoms with Crippen LogP contribution >= 0.6 is 0 Å². The Bertz CT molecular complexity index is 656. The lowest BCUT2D eigenvalue weighted by Gasteiger charge is -1.99. The van der Waals surface area contributed by atoms with Crippen molar-refractivity contribution in [2.75, 3.05) is 5.32 Å². The third-order valence-corrected chi connectivity index (χ3v) is 2.55. The summed E-state index contributed by atoms with van der Waals surface area (Å²) >= 11 is 0. The first-order valence-corrected chi connectivity index (χ1v) is 5.84. The molecule has 0 aliphatic heterocycles. The van der Waals surface area contributed by atoms with Crippen LogP contribution in [-0.4, -0.2) is 10.7 Å². The van der Waals surface area contributed by atoms with E-state index in [9.17, 15) is 14.9 Å². The number of nitrogens with one attached hydrogen (secondary N) is 1. The summed E-state index contributed by atoms with van der Waals surface area (Å²) in [7, 11) is 0. The predicted octanol–water partition coefficient (Wildman–Crippen LogP) is 3.30. The van der Waals surface area contributed by atoms with Crippen LogP contribution in [0.1, 0.15) is 16.3 Å². The number of carbonyl (C=O) groups excluding carboxylic acids is 1. The highest BCUT2D eigenvalue weighted by atomic mass is 16.6. The molecule has 2 rings (SSSR count). The van der Waals surface area contributed by atoms with Gasteiger partial charge in [0.05, 0.1) is 4.92 Å². The maximum atomic E-state index is 11.7. The zero-order valence-corrected chi connectivity index (χ0v) is 10.7. The molecule has 6 heteroatoms. The quantitative estimate of drug-likeness (QED) is 0.390. The Kier molecular flexibility index (Phi) is 3.95. The third kappa shape index (κ3) is 3.32. The number of non-ortho nitro benzene ring substituents is 1. The lowest BCUT2D eigenvalue weighted by molar-refractivity contribution is -0.384. The number of aryl methyl sites for hydroxylation is 1. The standard InChI is InChI=1S/C14H12N2O4/c1-10-2-7-14(20-10)13(17)8-9-15-11-3-5-12(6-4-11)16(18)19/h2-9,15H,1H3. The summed E-state index contributed by atoms with van der Waals surface area (Å²) in [4.78, 5) is 21.7. The number of rotatable bonds is 5. The molecular formula is C14H12N2O4. The van der Waals surface area contributed by atoms with Crippen LogP contribution in [-0.2, 0) is 0 Å². The molecule has 0 radical (unpaired) electrons. The van der Waals surface area contributed by atoms with Crippen molar-refractivity contribution in [2.24, 2.45) is 0 Å². The summed E-state index contributed by atoms with van der Waals surface area (Å²) in [5.41, 5.74) is 0.664. The molecule has 1 aromatic heterocycles. The van der Waals surface area contributed by atoms with E-state index in [2.05, 4.69) is 5.32 Å². The Morgan fingerprint density at radius 2 is 1.95 bits per heavy atom. The summed E-state index contributed by atoms with van der Waals surface area (Å²) in [5, 5.41) is 13.3. The van der Waals surface area contributed by atoms with Crippen molar-refractivity contribution in [1.29, 1.82) is 0 Å². The van der Waals surface area contributed by atoms with Crippen LogP contribution in [0.15, 0.2) is 53.1 Å². The minimum absolute atomic E-state index is 0.0154. The Balaban J connectivity index is 1.96. The average molecular weight is 272 g/mol. The van der Waals surface area contributed by atoms with Gasteiger partial charge in [-0.25, -0.2) is 0 Å². The molecule has 0 amide bonds. The van der Waals surface area contributed by atoms with Gasteiger partial charge < -0.3 is 9.73 Å². The highest BCUT2D eigenvalue weighted by molar-refractivity contribution is 6.02. The molecule has 0 fully saturated rings. The van der Waals surface area contributed by atoms with Crippen molar-refractivity contribution in [3.63, 3.8) is 0 Å². The minimum Gasteiger partial charge on any atom is -0.458 e. The fraction of sp³-hybridized carbons (Fsp3) is 0.0714. The van der Waals surface area contributed by atoms with Gasteiger partial charge in [-0.2, -0.15) is 0 Å². The monoisotopic (exact) mass is 272 g/mol. The highest BCUT2D eigenvalue weighted by Gasteiger charge is 2.06. The van der Waals surface area contributed by atoms with E-state index in [1.165, 1.54) is 24.4 Å². The molecule has 102 valence electrons. The molecule has 0 unspecified atom stereocenters. The number of hydrogen-bond donors (Lipinski definition) is 1. The number of nitro groups is 1. The molecule has 1 N–H and O–H groups in total. The topological polar surface area (TPSA) is 85.4 Å². The first-order valence-electron chi connectivity index (χ1n) is 5.84. The number of carbonyl (C=O) groups is 1. The summed E-state index contributed by atoms with van der Waals surface area (Å²) in [6.07, 6.45) is 2.79. The Labute approximate surface area is 114 Å². The molecule has 1 aromatic carbocycles. The van der Waals surface area contributed by atoms with Gasteiger partial charge in [-0.1, -0.05) is 0 Å².